The minimum absolute atomic E-state index is 0.0289. The number of nitrogens with one attached hydrogen (secondary N) is 1. The Morgan fingerprint density at radius 3 is 2.88 bits per heavy atom. The second-order valence-corrected chi connectivity index (χ2v) is 4.08. The summed E-state index contributed by atoms with van der Waals surface area (Å²) in [7, 11) is 0. The maximum absolute atomic E-state index is 11.3. The standard InChI is InChI=1S/C11H22N2O3/c12-7-4-2-1-3-5-11(14)13-16-10-6-8-15-9-10/h10H,1-9,12H2,(H,13,14). The zero-order valence-corrected chi connectivity index (χ0v) is 9.74. The largest absolute Gasteiger partial charge is 0.379 e. The second kappa shape index (κ2) is 8.50. The first-order chi connectivity index (χ1) is 7.83. The highest BCUT2D eigenvalue weighted by molar-refractivity contribution is 5.74. The molecule has 1 aliphatic heterocycles. The molecule has 1 saturated heterocycles. The molecular weight excluding hydrogens is 208 g/mol. The maximum Gasteiger partial charge on any atom is 0.243 e. The van der Waals surface area contributed by atoms with E-state index in [0.717, 1.165) is 45.3 Å². The summed E-state index contributed by atoms with van der Waals surface area (Å²) in [5.41, 5.74) is 7.85. The molecular formula is C11H22N2O3. The normalized spacial score (nSPS) is 19.9. The first-order valence-corrected chi connectivity index (χ1v) is 6.05. The van der Waals surface area contributed by atoms with Gasteiger partial charge in [0.05, 0.1) is 6.61 Å². The molecule has 3 N–H and O–H groups in total. The van der Waals surface area contributed by atoms with Crippen molar-refractivity contribution in [2.45, 2.75) is 44.6 Å². The van der Waals surface area contributed by atoms with Crippen molar-refractivity contribution < 1.29 is 14.4 Å². The maximum atomic E-state index is 11.3. The predicted molar refractivity (Wildman–Crippen MR) is 60.6 cm³/mol. The Kier molecular flexibility index (Phi) is 7.12. The van der Waals surface area contributed by atoms with E-state index in [1.807, 2.05) is 0 Å². The third-order valence-electron chi connectivity index (χ3n) is 2.59. The van der Waals surface area contributed by atoms with Crippen molar-refractivity contribution >= 4 is 5.91 Å². The highest BCUT2D eigenvalue weighted by Gasteiger charge is 2.17. The van der Waals surface area contributed by atoms with Crippen LogP contribution >= 0.6 is 0 Å². The predicted octanol–water partition coefficient (Wildman–Crippen LogP) is 0.732. The number of hydroxylamine groups is 1. The number of amides is 1. The van der Waals surface area contributed by atoms with E-state index in [9.17, 15) is 4.79 Å². The third kappa shape index (κ3) is 6.05. The summed E-state index contributed by atoms with van der Waals surface area (Å²) in [5, 5.41) is 0. The Morgan fingerprint density at radius 2 is 2.19 bits per heavy atom. The molecule has 5 heteroatoms. The van der Waals surface area contributed by atoms with Crippen molar-refractivity contribution in [2.75, 3.05) is 19.8 Å². The number of ether oxygens (including phenoxy) is 1. The second-order valence-electron chi connectivity index (χ2n) is 4.08. The lowest BCUT2D eigenvalue weighted by Crippen LogP contribution is -2.29. The van der Waals surface area contributed by atoms with Crippen LogP contribution in [0.3, 0.4) is 0 Å². The van der Waals surface area contributed by atoms with Crippen LogP contribution in [0.1, 0.15) is 38.5 Å². The molecule has 1 atom stereocenters. The number of carbonyl (C=O) groups is 1. The molecule has 16 heavy (non-hydrogen) atoms. The van der Waals surface area contributed by atoms with E-state index in [-0.39, 0.29) is 12.0 Å². The lowest BCUT2D eigenvalue weighted by atomic mass is 10.1. The van der Waals surface area contributed by atoms with E-state index in [1.165, 1.54) is 0 Å². The fraction of sp³-hybridized carbons (Fsp3) is 0.909. The van der Waals surface area contributed by atoms with E-state index in [1.54, 1.807) is 0 Å². The van der Waals surface area contributed by atoms with Crippen LogP contribution in [0.4, 0.5) is 0 Å². The van der Waals surface area contributed by atoms with Crippen LogP contribution in [0.15, 0.2) is 0 Å². The molecule has 0 saturated carbocycles. The van der Waals surface area contributed by atoms with Crippen LogP contribution in [0.5, 0.6) is 0 Å². The van der Waals surface area contributed by atoms with Gasteiger partial charge in [0, 0.05) is 19.4 Å². The summed E-state index contributed by atoms with van der Waals surface area (Å²) < 4.78 is 5.13. The van der Waals surface area contributed by atoms with Crippen LogP contribution in [0, 0.1) is 0 Å². The van der Waals surface area contributed by atoms with Gasteiger partial charge in [-0.2, -0.15) is 0 Å². The van der Waals surface area contributed by atoms with Crippen LogP contribution < -0.4 is 11.2 Å². The molecule has 1 fully saturated rings. The Balaban J connectivity index is 1.90. The molecule has 1 heterocycles. The molecule has 94 valence electrons. The lowest BCUT2D eigenvalue weighted by Gasteiger charge is -2.09. The molecule has 1 unspecified atom stereocenters. The SMILES string of the molecule is NCCCCCCC(=O)NOC1CCOC1. The van der Waals surface area contributed by atoms with Crippen molar-refractivity contribution in [3.63, 3.8) is 0 Å². The molecule has 0 radical (unpaired) electrons. The number of hydrogen-bond donors (Lipinski definition) is 2. The van der Waals surface area contributed by atoms with E-state index >= 15 is 0 Å². The molecule has 0 aromatic rings. The smallest absolute Gasteiger partial charge is 0.243 e. The fourth-order valence-electron chi connectivity index (χ4n) is 1.59. The van der Waals surface area contributed by atoms with Gasteiger partial charge in [-0.15, -0.1) is 0 Å². The van der Waals surface area contributed by atoms with E-state index < -0.39 is 0 Å². The average molecular weight is 230 g/mol. The third-order valence-corrected chi connectivity index (χ3v) is 2.59. The van der Waals surface area contributed by atoms with Crippen LogP contribution in [-0.2, 0) is 14.4 Å². The van der Waals surface area contributed by atoms with Crippen LogP contribution in [0.2, 0.25) is 0 Å². The first-order valence-electron chi connectivity index (χ1n) is 6.05. The van der Waals surface area contributed by atoms with Gasteiger partial charge in [-0.1, -0.05) is 12.8 Å². The van der Waals surface area contributed by atoms with E-state index in [4.69, 9.17) is 15.3 Å². The topological polar surface area (TPSA) is 73.6 Å². The highest BCUT2D eigenvalue weighted by atomic mass is 16.7. The minimum atomic E-state index is -0.0420. The molecule has 1 aliphatic rings. The van der Waals surface area contributed by atoms with Crippen molar-refractivity contribution in [1.29, 1.82) is 0 Å². The quantitative estimate of drug-likeness (QED) is 0.476. The molecule has 0 spiro atoms. The summed E-state index contributed by atoms with van der Waals surface area (Å²) in [6.45, 7) is 2.04. The van der Waals surface area contributed by atoms with Gasteiger partial charge >= 0.3 is 0 Å². The molecule has 5 nitrogen and oxygen atoms in total. The number of unbranched alkanes of at least 4 members (excludes halogenated alkanes) is 3. The van der Waals surface area contributed by atoms with Gasteiger partial charge in [0.2, 0.25) is 5.91 Å². The summed E-state index contributed by atoms with van der Waals surface area (Å²) in [6.07, 6.45) is 5.50. The number of carbonyl (C=O) groups excluding carboxylic acids is 1. The summed E-state index contributed by atoms with van der Waals surface area (Å²) in [5.74, 6) is -0.0420. The van der Waals surface area contributed by atoms with Crippen LogP contribution in [0.25, 0.3) is 0 Å². The summed E-state index contributed by atoms with van der Waals surface area (Å²) in [6, 6.07) is 0. The Hall–Kier alpha value is -0.650. The van der Waals surface area contributed by atoms with Gasteiger partial charge in [0.15, 0.2) is 0 Å². The van der Waals surface area contributed by atoms with Crippen molar-refractivity contribution in [1.82, 2.24) is 5.48 Å². The van der Waals surface area contributed by atoms with Gasteiger partial charge in [-0.3, -0.25) is 9.63 Å². The number of hydrogen-bond acceptors (Lipinski definition) is 4. The van der Waals surface area contributed by atoms with Crippen molar-refractivity contribution in [2.24, 2.45) is 5.73 Å². The minimum Gasteiger partial charge on any atom is -0.379 e. The zero-order valence-electron chi connectivity index (χ0n) is 9.74. The number of nitrogens with two attached hydrogens (primary N) is 1. The summed E-state index contributed by atoms with van der Waals surface area (Å²) in [4.78, 5) is 16.5. The van der Waals surface area contributed by atoms with Gasteiger partial charge in [0.25, 0.3) is 0 Å². The molecule has 1 rings (SSSR count). The molecule has 0 aromatic heterocycles. The Bertz CT molecular complexity index is 194. The Morgan fingerprint density at radius 1 is 1.38 bits per heavy atom. The molecule has 0 bridgehead atoms. The highest BCUT2D eigenvalue weighted by Crippen LogP contribution is 2.07. The molecule has 0 aromatic carbocycles. The van der Waals surface area contributed by atoms with Gasteiger partial charge in [0.1, 0.15) is 6.10 Å². The lowest BCUT2D eigenvalue weighted by molar-refractivity contribution is -0.138. The van der Waals surface area contributed by atoms with Gasteiger partial charge in [-0.05, 0) is 19.4 Å². The Labute approximate surface area is 96.6 Å². The summed E-state index contributed by atoms with van der Waals surface area (Å²) >= 11 is 0. The zero-order chi connectivity index (χ0) is 11.6. The monoisotopic (exact) mass is 230 g/mol. The molecule has 1 amide bonds. The first kappa shape index (κ1) is 13.4. The van der Waals surface area contributed by atoms with E-state index in [2.05, 4.69) is 5.48 Å². The van der Waals surface area contributed by atoms with Gasteiger partial charge < -0.3 is 10.5 Å². The van der Waals surface area contributed by atoms with Crippen LogP contribution in [-0.4, -0.2) is 31.8 Å². The van der Waals surface area contributed by atoms with Gasteiger partial charge in [-0.25, -0.2) is 5.48 Å². The van der Waals surface area contributed by atoms with E-state index in [0.29, 0.717) is 13.0 Å². The number of rotatable bonds is 8. The van der Waals surface area contributed by atoms with Crippen molar-refractivity contribution in [3.8, 4) is 0 Å². The average Bonchev–Trinajstić information content (AvgIpc) is 2.79. The fourth-order valence-corrected chi connectivity index (χ4v) is 1.59. The van der Waals surface area contributed by atoms with Crippen molar-refractivity contribution in [3.05, 3.63) is 0 Å². The molecule has 0 aliphatic carbocycles.